The number of para-hydroxylation sites is 1. The second-order valence-corrected chi connectivity index (χ2v) is 10.9. The first-order valence-electron chi connectivity index (χ1n) is 12.4. The van der Waals surface area contributed by atoms with Crippen molar-refractivity contribution in [3.63, 3.8) is 0 Å². The lowest BCUT2D eigenvalue weighted by Gasteiger charge is -2.34. The highest BCUT2D eigenvalue weighted by Gasteiger charge is 2.42. The van der Waals surface area contributed by atoms with E-state index in [4.69, 9.17) is 19.7 Å². The summed E-state index contributed by atoms with van der Waals surface area (Å²) in [5.41, 5.74) is 3.67. The molecule has 3 unspecified atom stereocenters. The molecule has 3 atom stereocenters. The highest BCUT2D eigenvalue weighted by molar-refractivity contribution is 7.21. The van der Waals surface area contributed by atoms with Gasteiger partial charge in [0, 0.05) is 18.7 Å². The number of hydrogen-bond acceptors (Lipinski definition) is 8. The minimum Gasteiger partial charge on any atom is -0.497 e. The smallest absolute Gasteiger partial charge is 0.225 e. The molecular weight excluding hydrogens is 470 g/mol. The predicted octanol–water partition coefficient (Wildman–Crippen LogP) is 5.89. The van der Waals surface area contributed by atoms with Crippen molar-refractivity contribution in [2.24, 2.45) is 11.8 Å². The van der Waals surface area contributed by atoms with Crippen molar-refractivity contribution in [3.8, 4) is 16.3 Å². The van der Waals surface area contributed by atoms with Crippen molar-refractivity contribution in [1.82, 2.24) is 15.0 Å². The monoisotopic (exact) mass is 503 g/mol. The van der Waals surface area contributed by atoms with Crippen LogP contribution in [0.2, 0.25) is 0 Å². The molecule has 1 fully saturated rings. The fraction of sp³-hybridized carbons (Fsp3) is 0.393. The molecule has 3 N–H and O–H groups in total. The zero-order valence-electron chi connectivity index (χ0n) is 21.2. The maximum absolute atomic E-state index is 9.87. The van der Waals surface area contributed by atoms with Gasteiger partial charge >= 0.3 is 0 Å². The number of nitrogens with one attached hydrogen (secondary N) is 2. The van der Waals surface area contributed by atoms with E-state index < -0.39 is 0 Å². The second-order valence-electron chi connectivity index (χ2n) is 9.86. The van der Waals surface area contributed by atoms with E-state index in [1.54, 1.807) is 18.4 Å². The molecule has 1 saturated carbocycles. The summed E-state index contributed by atoms with van der Waals surface area (Å²) in [5.74, 6) is 2.75. The van der Waals surface area contributed by atoms with Crippen LogP contribution in [0.15, 0.2) is 48.5 Å². The van der Waals surface area contributed by atoms with Crippen LogP contribution in [-0.4, -0.2) is 39.3 Å². The summed E-state index contributed by atoms with van der Waals surface area (Å²) in [6.07, 6.45) is 1.96. The molecule has 0 amide bonds. The summed E-state index contributed by atoms with van der Waals surface area (Å²) >= 11 is 1.66. The van der Waals surface area contributed by atoms with E-state index in [9.17, 15) is 5.11 Å². The number of benzene rings is 2. The van der Waals surface area contributed by atoms with Crippen molar-refractivity contribution in [1.29, 1.82) is 0 Å². The van der Waals surface area contributed by atoms with Gasteiger partial charge in [-0.2, -0.15) is 4.98 Å². The van der Waals surface area contributed by atoms with E-state index in [0.717, 1.165) is 56.5 Å². The van der Waals surface area contributed by atoms with Crippen LogP contribution in [-0.2, 0) is 6.54 Å². The summed E-state index contributed by atoms with van der Waals surface area (Å²) in [6, 6.07) is 16.1. The lowest BCUT2D eigenvalue weighted by atomic mass is 9.86. The zero-order valence-corrected chi connectivity index (χ0v) is 22.0. The van der Waals surface area contributed by atoms with Gasteiger partial charge in [-0.1, -0.05) is 31.2 Å². The molecular formula is C28H33N5O2S. The molecule has 1 aliphatic rings. The van der Waals surface area contributed by atoms with E-state index in [1.165, 1.54) is 0 Å². The Morgan fingerprint density at radius 2 is 1.97 bits per heavy atom. The highest BCUT2D eigenvalue weighted by atomic mass is 32.1. The summed E-state index contributed by atoms with van der Waals surface area (Å²) in [5, 5.41) is 18.0. The molecule has 36 heavy (non-hydrogen) atoms. The first-order chi connectivity index (χ1) is 17.4. The summed E-state index contributed by atoms with van der Waals surface area (Å²) in [7, 11) is 1.67. The number of thiazole rings is 1. The Hall–Kier alpha value is -3.23. The molecule has 0 saturated heterocycles. The van der Waals surface area contributed by atoms with Gasteiger partial charge in [-0.05, 0) is 68.4 Å². The number of anilines is 2. The Labute approximate surface area is 216 Å². The van der Waals surface area contributed by atoms with Crippen molar-refractivity contribution in [3.05, 3.63) is 59.8 Å². The van der Waals surface area contributed by atoms with Gasteiger partial charge < -0.3 is 20.5 Å². The summed E-state index contributed by atoms with van der Waals surface area (Å²) < 4.78 is 6.49. The van der Waals surface area contributed by atoms with Crippen LogP contribution in [0.3, 0.4) is 0 Å². The average Bonchev–Trinajstić information content (AvgIpc) is 3.43. The second kappa shape index (κ2) is 10.0. The van der Waals surface area contributed by atoms with Crippen LogP contribution in [0.25, 0.3) is 20.8 Å². The largest absolute Gasteiger partial charge is 0.497 e. The molecule has 7 nitrogen and oxygen atoms in total. The quantitative estimate of drug-likeness (QED) is 0.276. The first-order valence-corrected chi connectivity index (χ1v) is 13.2. The van der Waals surface area contributed by atoms with E-state index >= 15 is 0 Å². The molecule has 1 aliphatic carbocycles. The van der Waals surface area contributed by atoms with Gasteiger partial charge in [-0.15, -0.1) is 11.3 Å². The minimum absolute atomic E-state index is 0.191. The molecule has 188 valence electrons. The molecule has 0 spiro atoms. The minimum atomic E-state index is -0.191. The lowest BCUT2D eigenvalue weighted by molar-refractivity contribution is 0.187. The van der Waals surface area contributed by atoms with Crippen molar-refractivity contribution < 1.29 is 9.84 Å². The number of aliphatic hydroxyl groups is 1. The van der Waals surface area contributed by atoms with E-state index in [2.05, 4.69) is 30.5 Å². The number of rotatable bonds is 8. The molecule has 0 bridgehead atoms. The van der Waals surface area contributed by atoms with Crippen LogP contribution in [0.5, 0.6) is 5.75 Å². The fourth-order valence-electron chi connectivity index (χ4n) is 5.12. The standard InChI is InChI=1S/C28H33N5O2S/c1-17-20(16-34)12-13-28(17,3)33-25-24(26-31-22-10-5-6-11-23(22)36-26)18(2)30-27(32-25)29-15-19-8-7-9-21(14-19)35-4/h5-11,14,17,20,34H,12-13,15-16H2,1-4H3,(H2,29,30,32,33). The van der Waals surface area contributed by atoms with Crippen molar-refractivity contribution in [2.75, 3.05) is 24.4 Å². The number of ether oxygens (including phenoxy) is 1. The predicted molar refractivity (Wildman–Crippen MR) is 147 cm³/mol. The SMILES string of the molecule is COc1cccc(CNc2nc(C)c(-c3nc4ccccc4s3)c(NC3(C)CCC(CO)C3C)n2)c1. The van der Waals surface area contributed by atoms with Crippen LogP contribution in [0.4, 0.5) is 11.8 Å². The summed E-state index contributed by atoms with van der Waals surface area (Å²) in [6.45, 7) is 7.25. The Balaban J connectivity index is 1.52. The third-order valence-corrected chi connectivity index (χ3v) is 8.62. The molecule has 0 radical (unpaired) electrons. The molecule has 2 aromatic heterocycles. The zero-order chi connectivity index (χ0) is 25.3. The number of nitrogens with zero attached hydrogens (tertiary/aromatic N) is 3. The third-order valence-electron chi connectivity index (χ3n) is 7.57. The van der Waals surface area contributed by atoms with E-state index in [1.807, 2.05) is 49.4 Å². The normalized spacial score (nSPS) is 21.6. The Kier molecular flexibility index (Phi) is 6.81. The highest BCUT2D eigenvalue weighted by Crippen LogP contribution is 2.44. The van der Waals surface area contributed by atoms with Crippen LogP contribution in [0, 0.1) is 18.8 Å². The molecule has 2 heterocycles. The number of aryl methyl sites for hydroxylation is 1. The van der Waals surface area contributed by atoms with Gasteiger partial charge in [0.15, 0.2) is 0 Å². The summed E-state index contributed by atoms with van der Waals surface area (Å²) in [4.78, 5) is 14.7. The number of aliphatic hydroxyl groups excluding tert-OH is 1. The van der Waals surface area contributed by atoms with Crippen LogP contribution < -0.4 is 15.4 Å². The maximum atomic E-state index is 9.87. The Morgan fingerprint density at radius 1 is 1.14 bits per heavy atom. The van der Waals surface area contributed by atoms with Gasteiger partial charge in [0.25, 0.3) is 0 Å². The number of methoxy groups -OCH3 is 1. The fourth-order valence-corrected chi connectivity index (χ4v) is 6.18. The van der Waals surface area contributed by atoms with Crippen LogP contribution >= 0.6 is 11.3 Å². The van der Waals surface area contributed by atoms with Gasteiger partial charge in [0.05, 0.1) is 28.6 Å². The third kappa shape index (κ3) is 4.75. The molecule has 0 aliphatic heterocycles. The number of aromatic nitrogens is 3. The van der Waals surface area contributed by atoms with Crippen molar-refractivity contribution in [2.45, 2.75) is 45.7 Å². The average molecular weight is 504 g/mol. The maximum Gasteiger partial charge on any atom is 0.225 e. The number of hydrogen-bond donors (Lipinski definition) is 3. The van der Waals surface area contributed by atoms with Crippen molar-refractivity contribution >= 4 is 33.3 Å². The first kappa shape index (κ1) is 24.5. The van der Waals surface area contributed by atoms with E-state index in [0.29, 0.717) is 18.4 Å². The van der Waals surface area contributed by atoms with E-state index in [-0.39, 0.29) is 18.1 Å². The Bertz CT molecular complexity index is 1340. The topological polar surface area (TPSA) is 92.2 Å². The molecule has 8 heteroatoms. The Morgan fingerprint density at radius 3 is 2.72 bits per heavy atom. The van der Waals surface area contributed by atoms with Gasteiger partial charge in [0.1, 0.15) is 16.6 Å². The van der Waals surface area contributed by atoms with Gasteiger partial charge in [-0.25, -0.2) is 9.97 Å². The molecule has 5 rings (SSSR count). The molecule has 2 aromatic carbocycles. The number of fused-ring (bicyclic) bond motifs is 1. The van der Waals surface area contributed by atoms with Crippen LogP contribution in [0.1, 0.15) is 37.9 Å². The van der Waals surface area contributed by atoms with Gasteiger partial charge in [-0.3, -0.25) is 0 Å². The van der Waals surface area contributed by atoms with Gasteiger partial charge in [0.2, 0.25) is 5.95 Å². The lowest BCUT2D eigenvalue weighted by Crippen LogP contribution is -2.40. The molecule has 4 aromatic rings.